The minimum Gasteiger partial charge on any atom is -0.381 e. The van der Waals surface area contributed by atoms with Crippen molar-refractivity contribution in [2.75, 3.05) is 18.5 Å². The lowest BCUT2D eigenvalue weighted by atomic mass is 9.75. The molecule has 2 aromatic heterocycles. The molecule has 1 N–H and O–H groups in total. The van der Waals surface area contributed by atoms with Crippen LogP contribution in [0.2, 0.25) is 0 Å². The second-order valence-electron chi connectivity index (χ2n) is 7.09. The molecule has 0 unspecified atom stereocenters. The molecule has 0 bridgehead atoms. The molecule has 0 radical (unpaired) electrons. The Labute approximate surface area is 148 Å². The summed E-state index contributed by atoms with van der Waals surface area (Å²) in [7, 11) is 0. The maximum Gasteiger partial charge on any atom is 0.132 e. The largest absolute Gasteiger partial charge is 0.381 e. The van der Waals surface area contributed by atoms with Crippen LogP contribution in [0.4, 0.5) is 11.6 Å². The number of aryl methyl sites for hydroxylation is 1. The molecular formula is C20H22N4O. The monoisotopic (exact) mass is 334 g/mol. The van der Waals surface area contributed by atoms with Crippen LogP contribution in [0.1, 0.15) is 48.4 Å². The van der Waals surface area contributed by atoms with Crippen molar-refractivity contribution < 1.29 is 4.74 Å². The number of ether oxygens (including phenoxy) is 1. The first-order chi connectivity index (χ1) is 12.2. The molecule has 25 heavy (non-hydrogen) atoms. The number of anilines is 2. The molecule has 0 atom stereocenters. The molecule has 4 rings (SSSR count). The molecule has 0 aromatic carbocycles. The summed E-state index contributed by atoms with van der Waals surface area (Å²) in [6.45, 7) is 3.31. The second kappa shape index (κ2) is 6.45. The fourth-order valence-electron chi connectivity index (χ4n) is 3.40. The zero-order chi connectivity index (χ0) is 17.3. The molecule has 1 saturated carbocycles. The third-order valence-corrected chi connectivity index (χ3v) is 5.13. The topological polar surface area (TPSA) is 70.8 Å². The highest BCUT2D eigenvalue weighted by Crippen LogP contribution is 2.42. The number of hydrogen-bond donors (Lipinski definition) is 1. The van der Waals surface area contributed by atoms with Gasteiger partial charge < -0.3 is 10.1 Å². The quantitative estimate of drug-likeness (QED) is 0.916. The van der Waals surface area contributed by atoms with Crippen LogP contribution in [0, 0.1) is 18.3 Å². The van der Waals surface area contributed by atoms with Crippen LogP contribution in [0.25, 0.3) is 0 Å². The fourth-order valence-corrected chi connectivity index (χ4v) is 3.40. The third kappa shape index (κ3) is 3.35. The van der Waals surface area contributed by atoms with Crippen LogP contribution >= 0.6 is 0 Å². The fraction of sp³-hybridized carbons (Fsp3) is 0.450. The van der Waals surface area contributed by atoms with E-state index in [0.717, 1.165) is 41.3 Å². The molecule has 3 heterocycles. The second-order valence-corrected chi connectivity index (χ2v) is 7.09. The number of rotatable bonds is 4. The van der Waals surface area contributed by atoms with Gasteiger partial charge in [-0.3, -0.25) is 0 Å². The number of hydrogen-bond acceptors (Lipinski definition) is 5. The summed E-state index contributed by atoms with van der Waals surface area (Å²) < 4.78 is 5.48. The van der Waals surface area contributed by atoms with Gasteiger partial charge in [0.2, 0.25) is 0 Å². The Kier molecular flexibility index (Phi) is 4.14. The van der Waals surface area contributed by atoms with E-state index < -0.39 is 5.41 Å². The maximum absolute atomic E-state index is 9.90. The predicted molar refractivity (Wildman–Crippen MR) is 95.8 cm³/mol. The van der Waals surface area contributed by atoms with Gasteiger partial charge in [0.15, 0.2) is 0 Å². The predicted octanol–water partition coefficient (Wildman–Crippen LogP) is 3.98. The molecule has 1 aliphatic heterocycles. The lowest BCUT2D eigenvalue weighted by Crippen LogP contribution is -2.32. The van der Waals surface area contributed by atoms with E-state index in [9.17, 15) is 5.26 Å². The summed E-state index contributed by atoms with van der Waals surface area (Å²) in [6, 6.07) is 10.7. The third-order valence-electron chi connectivity index (χ3n) is 5.13. The number of nitrogens with one attached hydrogen (secondary N) is 1. The highest BCUT2D eigenvalue weighted by atomic mass is 16.5. The van der Waals surface area contributed by atoms with E-state index in [4.69, 9.17) is 9.72 Å². The Hall–Kier alpha value is -2.45. The summed E-state index contributed by atoms with van der Waals surface area (Å²) in [5.41, 5.74) is 2.83. The van der Waals surface area contributed by atoms with Crippen molar-refractivity contribution in [3.05, 3.63) is 47.3 Å². The average molecular weight is 334 g/mol. The summed E-state index contributed by atoms with van der Waals surface area (Å²) in [4.78, 5) is 9.16. The molecule has 5 nitrogen and oxygen atoms in total. The first kappa shape index (κ1) is 16.0. The molecule has 2 aliphatic rings. The van der Waals surface area contributed by atoms with Gasteiger partial charge in [-0.15, -0.1) is 0 Å². The van der Waals surface area contributed by atoms with Gasteiger partial charge in [-0.2, -0.15) is 5.26 Å². The van der Waals surface area contributed by atoms with Crippen LogP contribution in [0.5, 0.6) is 0 Å². The van der Waals surface area contributed by atoms with Crippen molar-refractivity contribution in [1.29, 1.82) is 5.26 Å². The van der Waals surface area contributed by atoms with Crippen molar-refractivity contribution in [1.82, 2.24) is 9.97 Å². The molecule has 2 fully saturated rings. The van der Waals surface area contributed by atoms with Crippen molar-refractivity contribution >= 4 is 11.6 Å². The van der Waals surface area contributed by atoms with Crippen LogP contribution in [0.15, 0.2) is 30.5 Å². The minimum atomic E-state index is -0.471. The van der Waals surface area contributed by atoms with Gasteiger partial charge in [0, 0.05) is 31.0 Å². The SMILES string of the molecule is Cc1ccnc(Nc2cc(C3(C#N)CCOCC3)cc(C3CC3)n2)c1. The van der Waals surface area contributed by atoms with E-state index in [-0.39, 0.29) is 0 Å². The van der Waals surface area contributed by atoms with E-state index in [1.165, 1.54) is 12.8 Å². The van der Waals surface area contributed by atoms with Gasteiger partial charge in [0.1, 0.15) is 11.6 Å². The van der Waals surface area contributed by atoms with Gasteiger partial charge in [0.05, 0.1) is 11.5 Å². The molecule has 0 spiro atoms. The summed E-state index contributed by atoms with van der Waals surface area (Å²) >= 11 is 0. The first-order valence-electron chi connectivity index (χ1n) is 8.90. The van der Waals surface area contributed by atoms with Crippen LogP contribution in [-0.4, -0.2) is 23.2 Å². The standard InChI is InChI=1S/C20H22N4O/c1-14-4-7-22-18(10-14)24-19-12-16(11-17(23-19)15-2-3-15)20(13-21)5-8-25-9-6-20/h4,7,10-12,15H,2-3,5-6,8-9H2,1H3,(H,22,23,24). The summed E-state index contributed by atoms with van der Waals surface area (Å²) in [6.07, 6.45) is 5.63. The molecular weight excluding hydrogens is 312 g/mol. The van der Waals surface area contributed by atoms with E-state index in [1.54, 1.807) is 6.20 Å². The van der Waals surface area contributed by atoms with Crippen molar-refractivity contribution in [2.45, 2.75) is 43.9 Å². The molecule has 0 amide bonds. The lowest BCUT2D eigenvalue weighted by Gasteiger charge is -2.31. The zero-order valence-electron chi connectivity index (χ0n) is 14.5. The van der Waals surface area contributed by atoms with Gasteiger partial charge in [-0.05, 0) is 68.0 Å². The summed E-state index contributed by atoms with van der Waals surface area (Å²) in [5, 5.41) is 13.2. The molecule has 5 heteroatoms. The number of aromatic nitrogens is 2. The first-order valence-corrected chi connectivity index (χ1v) is 8.90. The maximum atomic E-state index is 9.90. The average Bonchev–Trinajstić information content (AvgIpc) is 3.47. The van der Waals surface area contributed by atoms with E-state index in [0.29, 0.717) is 19.1 Å². The van der Waals surface area contributed by atoms with Crippen LogP contribution in [-0.2, 0) is 10.2 Å². The Morgan fingerprint density at radius 1 is 1.20 bits per heavy atom. The van der Waals surface area contributed by atoms with Crippen molar-refractivity contribution in [3.63, 3.8) is 0 Å². The number of nitrogens with zero attached hydrogens (tertiary/aromatic N) is 3. The van der Waals surface area contributed by atoms with E-state index in [2.05, 4.69) is 22.4 Å². The Morgan fingerprint density at radius 3 is 2.68 bits per heavy atom. The van der Waals surface area contributed by atoms with Gasteiger partial charge in [0.25, 0.3) is 0 Å². The van der Waals surface area contributed by atoms with Gasteiger partial charge >= 0.3 is 0 Å². The Morgan fingerprint density at radius 2 is 2.00 bits per heavy atom. The minimum absolute atomic E-state index is 0.471. The van der Waals surface area contributed by atoms with Gasteiger partial charge in [-0.1, -0.05) is 0 Å². The molecule has 128 valence electrons. The zero-order valence-corrected chi connectivity index (χ0v) is 14.5. The van der Waals surface area contributed by atoms with Gasteiger partial charge in [-0.25, -0.2) is 9.97 Å². The Balaban J connectivity index is 1.72. The van der Waals surface area contributed by atoms with Crippen LogP contribution in [0.3, 0.4) is 0 Å². The lowest BCUT2D eigenvalue weighted by molar-refractivity contribution is 0.0675. The summed E-state index contributed by atoms with van der Waals surface area (Å²) in [5.74, 6) is 2.09. The van der Waals surface area contributed by atoms with Crippen molar-refractivity contribution in [2.24, 2.45) is 0 Å². The highest BCUT2D eigenvalue weighted by molar-refractivity contribution is 5.55. The Bertz CT molecular complexity index is 817. The molecule has 1 saturated heterocycles. The van der Waals surface area contributed by atoms with Crippen molar-refractivity contribution in [3.8, 4) is 6.07 Å². The van der Waals surface area contributed by atoms with E-state index in [1.807, 2.05) is 25.1 Å². The molecule has 1 aliphatic carbocycles. The molecule has 2 aromatic rings. The van der Waals surface area contributed by atoms with Crippen LogP contribution < -0.4 is 5.32 Å². The van der Waals surface area contributed by atoms with E-state index >= 15 is 0 Å². The normalized spacial score (nSPS) is 19.2. The number of pyridine rings is 2. The highest BCUT2D eigenvalue weighted by Gasteiger charge is 2.36. The number of nitriles is 1. The smallest absolute Gasteiger partial charge is 0.132 e.